The van der Waals surface area contributed by atoms with Crippen LogP contribution in [0.25, 0.3) is 10.9 Å². The molecule has 0 N–H and O–H groups in total. The van der Waals surface area contributed by atoms with Crippen molar-refractivity contribution >= 4 is 45.8 Å². The molecule has 35 heavy (non-hydrogen) atoms. The van der Waals surface area contributed by atoms with Gasteiger partial charge in [-0.1, -0.05) is 29.6 Å². The first-order valence-corrected chi connectivity index (χ1v) is 12.6. The van der Waals surface area contributed by atoms with E-state index < -0.39 is 0 Å². The summed E-state index contributed by atoms with van der Waals surface area (Å²) in [5.74, 6) is -0.540. The highest BCUT2D eigenvalue weighted by Gasteiger charge is 2.31. The number of nitrogens with zero attached hydrogens (tertiary/aromatic N) is 4. The minimum absolute atomic E-state index is 0.0774. The molecule has 2 aliphatic rings. The average molecular weight is 509 g/mol. The third-order valence-corrected chi connectivity index (χ3v) is 8.18. The standard InChI is InChI=1S/C27H26Cl2N4O2/c1-16-12-17(15-30)13-22-20(16)14-23(31(22)2)26(34)24-21(28)7-6-19(25(24)29)27(35)33-10-8-32(9-11-33)18-4-3-5-18/h6-7,12-14,18H,3-5,8-11H2,1-2H3. The second-order valence-corrected chi connectivity index (χ2v) is 10.2. The first-order chi connectivity index (χ1) is 16.8. The zero-order chi connectivity index (χ0) is 24.9. The number of amides is 1. The Balaban J connectivity index is 1.46. The summed E-state index contributed by atoms with van der Waals surface area (Å²) in [6, 6.07) is 11.3. The number of aromatic nitrogens is 1. The lowest BCUT2D eigenvalue weighted by atomic mass is 9.91. The van der Waals surface area contributed by atoms with Gasteiger partial charge < -0.3 is 9.47 Å². The number of nitriles is 1. The van der Waals surface area contributed by atoms with Crippen LogP contribution >= 0.6 is 23.2 Å². The maximum atomic E-state index is 13.7. The van der Waals surface area contributed by atoms with Gasteiger partial charge in [0.2, 0.25) is 5.78 Å². The van der Waals surface area contributed by atoms with Crippen LogP contribution in [0.2, 0.25) is 10.0 Å². The molecule has 1 aliphatic heterocycles. The number of hydrogen-bond acceptors (Lipinski definition) is 4. The highest BCUT2D eigenvalue weighted by atomic mass is 35.5. The minimum atomic E-state index is -0.360. The molecule has 2 aromatic carbocycles. The van der Waals surface area contributed by atoms with Crippen molar-refractivity contribution in [2.75, 3.05) is 26.2 Å². The molecule has 0 unspecified atom stereocenters. The van der Waals surface area contributed by atoms with E-state index in [0.717, 1.165) is 29.6 Å². The number of carbonyl (C=O) groups excluding carboxylic acids is 2. The fraction of sp³-hybridized carbons (Fsp3) is 0.370. The fourth-order valence-electron chi connectivity index (χ4n) is 5.16. The van der Waals surface area contributed by atoms with Gasteiger partial charge in [-0.25, -0.2) is 0 Å². The number of fused-ring (bicyclic) bond motifs is 1. The molecule has 0 spiro atoms. The molecule has 1 aromatic heterocycles. The van der Waals surface area contributed by atoms with Crippen molar-refractivity contribution in [2.45, 2.75) is 32.2 Å². The van der Waals surface area contributed by atoms with Crippen LogP contribution < -0.4 is 0 Å². The van der Waals surface area contributed by atoms with Crippen molar-refractivity contribution in [2.24, 2.45) is 7.05 Å². The van der Waals surface area contributed by atoms with Crippen molar-refractivity contribution in [3.8, 4) is 6.07 Å². The van der Waals surface area contributed by atoms with Gasteiger partial charge in [-0.15, -0.1) is 0 Å². The molecule has 0 atom stereocenters. The summed E-state index contributed by atoms with van der Waals surface area (Å²) < 4.78 is 1.74. The van der Waals surface area contributed by atoms with Gasteiger partial charge in [-0.2, -0.15) is 5.26 Å². The quantitative estimate of drug-likeness (QED) is 0.453. The normalized spacial score (nSPS) is 16.8. The van der Waals surface area contributed by atoms with E-state index in [-0.39, 0.29) is 27.3 Å². The third-order valence-electron chi connectivity index (χ3n) is 7.47. The lowest BCUT2D eigenvalue weighted by Gasteiger charge is -2.43. The molecule has 2 fully saturated rings. The second kappa shape index (κ2) is 9.31. The Bertz CT molecular complexity index is 1390. The van der Waals surface area contributed by atoms with Crippen molar-refractivity contribution in [3.63, 3.8) is 0 Å². The minimum Gasteiger partial charge on any atom is -0.341 e. The smallest absolute Gasteiger partial charge is 0.255 e. The number of carbonyl (C=O) groups is 2. The predicted octanol–water partition coefficient (Wildman–Crippen LogP) is 5.21. The van der Waals surface area contributed by atoms with Crippen LogP contribution in [0.15, 0.2) is 30.3 Å². The van der Waals surface area contributed by atoms with Crippen molar-refractivity contribution in [3.05, 3.63) is 68.3 Å². The molecule has 0 radical (unpaired) electrons. The first-order valence-electron chi connectivity index (χ1n) is 11.9. The Hall–Kier alpha value is -2.85. The maximum Gasteiger partial charge on any atom is 0.255 e. The maximum absolute atomic E-state index is 13.7. The zero-order valence-corrected chi connectivity index (χ0v) is 21.3. The summed E-state index contributed by atoms with van der Waals surface area (Å²) in [6.45, 7) is 4.89. The van der Waals surface area contributed by atoms with Crippen LogP contribution in [0.3, 0.4) is 0 Å². The van der Waals surface area contributed by atoms with E-state index in [0.29, 0.717) is 36.0 Å². The molecule has 5 rings (SSSR count). The molecule has 6 nitrogen and oxygen atoms in total. The van der Waals surface area contributed by atoms with Gasteiger partial charge >= 0.3 is 0 Å². The number of ketones is 1. The molecule has 180 valence electrons. The SMILES string of the molecule is Cc1cc(C#N)cc2c1cc(C(=O)c1c(Cl)ccc(C(=O)N3CCN(C4CCC4)CC3)c1Cl)n2C. The van der Waals surface area contributed by atoms with E-state index in [1.165, 1.54) is 19.3 Å². The van der Waals surface area contributed by atoms with E-state index in [9.17, 15) is 14.9 Å². The van der Waals surface area contributed by atoms with E-state index >= 15 is 0 Å². The second-order valence-electron chi connectivity index (χ2n) is 9.45. The molecule has 3 aromatic rings. The fourth-order valence-corrected chi connectivity index (χ4v) is 5.78. The van der Waals surface area contributed by atoms with Crippen LogP contribution in [0.4, 0.5) is 0 Å². The van der Waals surface area contributed by atoms with Gasteiger partial charge in [0.15, 0.2) is 0 Å². The lowest BCUT2D eigenvalue weighted by Crippen LogP contribution is -2.53. The average Bonchev–Trinajstić information content (AvgIpc) is 3.15. The van der Waals surface area contributed by atoms with Crippen molar-refractivity contribution in [1.82, 2.24) is 14.4 Å². The van der Waals surface area contributed by atoms with Gasteiger partial charge in [-0.05, 0) is 55.7 Å². The van der Waals surface area contributed by atoms with Gasteiger partial charge in [0, 0.05) is 50.2 Å². The highest BCUT2D eigenvalue weighted by Crippen LogP contribution is 2.34. The topological polar surface area (TPSA) is 69.3 Å². The molecule has 1 saturated heterocycles. The summed E-state index contributed by atoms with van der Waals surface area (Å²) in [5.41, 5.74) is 3.00. The van der Waals surface area contributed by atoms with Crippen LogP contribution in [0, 0.1) is 18.3 Å². The van der Waals surface area contributed by atoms with E-state index in [1.54, 1.807) is 41.9 Å². The van der Waals surface area contributed by atoms with Gasteiger partial charge in [-0.3, -0.25) is 14.5 Å². The molecule has 2 heterocycles. The first kappa shape index (κ1) is 23.9. The Morgan fingerprint density at radius 3 is 2.40 bits per heavy atom. The lowest BCUT2D eigenvalue weighted by molar-refractivity contribution is 0.0455. The summed E-state index contributed by atoms with van der Waals surface area (Å²) in [4.78, 5) is 31.3. The number of hydrogen-bond donors (Lipinski definition) is 0. The summed E-state index contributed by atoms with van der Waals surface area (Å²) in [6.07, 6.45) is 3.78. The summed E-state index contributed by atoms with van der Waals surface area (Å²) >= 11 is 13.2. The van der Waals surface area contributed by atoms with Gasteiger partial charge in [0.25, 0.3) is 5.91 Å². The Morgan fingerprint density at radius 1 is 1.06 bits per heavy atom. The third kappa shape index (κ3) is 4.12. The molecular formula is C27H26Cl2N4O2. The van der Waals surface area contributed by atoms with Crippen LogP contribution in [0.1, 0.15) is 56.8 Å². The van der Waals surface area contributed by atoms with Gasteiger partial charge in [0.1, 0.15) is 0 Å². The number of rotatable bonds is 4. The Morgan fingerprint density at radius 2 is 1.77 bits per heavy atom. The van der Waals surface area contributed by atoms with Crippen LogP contribution in [-0.4, -0.2) is 58.3 Å². The van der Waals surface area contributed by atoms with Gasteiger partial charge in [0.05, 0.1) is 38.5 Å². The number of aryl methyl sites for hydroxylation is 2. The highest BCUT2D eigenvalue weighted by molar-refractivity contribution is 6.42. The Kier molecular flexibility index (Phi) is 6.35. The summed E-state index contributed by atoms with van der Waals surface area (Å²) in [5, 5.41) is 10.5. The molecular weight excluding hydrogens is 483 g/mol. The summed E-state index contributed by atoms with van der Waals surface area (Å²) in [7, 11) is 1.77. The zero-order valence-electron chi connectivity index (χ0n) is 19.8. The molecule has 1 saturated carbocycles. The van der Waals surface area contributed by atoms with Crippen molar-refractivity contribution < 1.29 is 9.59 Å². The van der Waals surface area contributed by atoms with Crippen molar-refractivity contribution in [1.29, 1.82) is 5.26 Å². The van der Waals surface area contributed by atoms with E-state index in [2.05, 4.69) is 11.0 Å². The van der Waals surface area contributed by atoms with E-state index in [4.69, 9.17) is 23.2 Å². The molecule has 8 heteroatoms. The van der Waals surface area contributed by atoms with E-state index in [1.807, 2.05) is 11.8 Å². The molecule has 1 aliphatic carbocycles. The molecule has 1 amide bonds. The predicted molar refractivity (Wildman–Crippen MR) is 137 cm³/mol. The Labute approximate surface area is 214 Å². The number of halogens is 2. The monoisotopic (exact) mass is 508 g/mol. The number of benzene rings is 2. The number of piperazine rings is 1. The molecule has 0 bridgehead atoms. The largest absolute Gasteiger partial charge is 0.341 e. The van der Waals surface area contributed by atoms with Crippen LogP contribution in [0.5, 0.6) is 0 Å². The van der Waals surface area contributed by atoms with Crippen LogP contribution in [-0.2, 0) is 7.05 Å².